The van der Waals surface area contributed by atoms with Gasteiger partial charge in [0.05, 0.1) is 0 Å². The van der Waals surface area contributed by atoms with Crippen molar-refractivity contribution in [2.75, 3.05) is 0 Å². The summed E-state index contributed by atoms with van der Waals surface area (Å²) < 4.78 is 4.83. The molecule has 0 amide bonds. The monoisotopic (exact) mass is 423 g/mol. The number of aromatic nitrogens is 2. The van der Waals surface area contributed by atoms with Crippen molar-refractivity contribution in [1.82, 2.24) is 4.57 Å². The summed E-state index contributed by atoms with van der Waals surface area (Å²) in [6.07, 6.45) is 9.27. The number of nitrogens with zero attached hydrogens (tertiary/aromatic N) is 2. The first kappa shape index (κ1) is 22.4. The largest absolute Gasteiger partial charge is 0.335 e. The van der Waals surface area contributed by atoms with Crippen LogP contribution >= 0.6 is 0 Å². The van der Waals surface area contributed by atoms with E-state index in [9.17, 15) is 0 Å². The molecule has 4 rings (SSSR count). The maximum Gasteiger partial charge on any atom is 0.335 e. The van der Waals surface area contributed by atoms with E-state index < -0.39 is 0 Å². The zero-order chi connectivity index (χ0) is 23.2. The van der Waals surface area contributed by atoms with Crippen molar-refractivity contribution in [3.8, 4) is 11.4 Å². The number of benzene rings is 2. The Morgan fingerprint density at radius 3 is 1.78 bits per heavy atom. The lowest BCUT2D eigenvalue weighted by Gasteiger charge is -2.19. The predicted octanol–water partition coefficient (Wildman–Crippen LogP) is 5.78. The van der Waals surface area contributed by atoms with Gasteiger partial charge in [0, 0.05) is 0 Å². The zero-order valence-electron chi connectivity index (χ0n) is 20.9. The Morgan fingerprint density at radius 2 is 1.28 bits per heavy atom. The molecule has 1 aliphatic heterocycles. The maximum atomic E-state index is 2.41. The zero-order valence-corrected chi connectivity index (χ0v) is 20.9. The highest BCUT2D eigenvalue weighted by molar-refractivity contribution is 6.80. The molecule has 2 nitrogen and oxygen atoms in total. The fraction of sp³-hybridized carbons (Fsp3) is 0.345. The van der Waals surface area contributed by atoms with Crippen LogP contribution in [0.15, 0.2) is 60.8 Å². The Hall–Kier alpha value is -2.81. The van der Waals surface area contributed by atoms with Crippen LogP contribution in [0.3, 0.4) is 0 Å². The van der Waals surface area contributed by atoms with Gasteiger partial charge in [0.25, 0.3) is 0 Å². The second-order valence-corrected chi connectivity index (χ2v) is 10.0. The van der Waals surface area contributed by atoms with Gasteiger partial charge in [-0.1, -0.05) is 61.4 Å². The highest BCUT2D eigenvalue weighted by Crippen LogP contribution is 2.23. The molecule has 1 aromatic heterocycles. The Morgan fingerprint density at radius 1 is 0.781 bits per heavy atom. The highest BCUT2D eigenvalue weighted by Gasteiger charge is 2.33. The van der Waals surface area contributed by atoms with E-state index in [4.69, 9.17) is 0 Å². The van der Waals surface area contributed by atoms with Crippen LogP contribution in [0.1, 0.15) is 47.2 Å². The predicted molar refractivity (Wildman–Crippen MR) is 138 cm³/mol. The Kier molecular flexibility index (Phi) is 6.03. The van der Waals surface area contributed by atoms with Gasteiger partial charge < -0.3 is 0 Å². The molecule has 3 heteroatoms. The van der Waals surface area contributed by atoms with Gasteiger partial charge in [-0.3, -0.25) is 0 Å². The molecule has 0 radical (unpaired) electrons. The van der Waals surface area contributed by atoms with E-state index in [1.807, 2.05) is 0 Å². The average molecular weight is 423 g/mol. The SMILES string of the molecule is Cc1cc(C)c(-n2cc[n+](-c3c(C)cc(C)cc3C)c2B2C=CC(C(C)C)C=C2)c(C)c1. The number of hydrogen-bond acceptors (Lipinski definition) is 0. The van der Waals surface area contributed by atoms with Gasteiger partial charge >= 0.3 is 6.71 Å². The molecule has 0 unspecified atom stereocenters. The summed E-state index contributed by atoms with van der Waals surface area (Å²) in [5.41, 5.74) is 11.7. The fourth-order valence-electron chi connectivity index (χ4n) is 5.45. The number of hydrogen-bond donors (Lipinski definition) is 0. The lowest BCUT2D eigenvalue weighted by Crippen LogP contribution is -2.56. The summed E-state index contributed by atoms with van der Waals surface area (Å²) in [5, 5.41) is 0. The van der Waals surface area contributed by atoms with E-state index in [1.54, 1.807) is 0 Å². The molecular weight excluding hydrogens is 387 g/mol. The van der Waals surface area contributed by atoms with Gasteiger partial charge in [-0.2, -0.15) is 0 Å². The average Bonchev–Trinajstić information content (AvgIpc) is 3.10. The van der Waals surface area contributed by atoms with E-state index in [0.29, 0.717) is 11.8 Å². The van der Waals surface area contributed by atoms with Crippen LogP contribution in [0, 0.1) is 53.4 Å². The first-order valence-electron chi connectivity index (χ1n) is 11.8. The van der Waals surface area contributed by atoms with Crippen LogP contribution in [0.5, 0.6) is 0 Å². The molecule has 0 spiro atoms. The van der Waals surface area contributed by atoms with Crippen LogP contribution < -0.4 is 10.3 Å². The molecule has 2 heterocycles. The van der Waals surface area contributed by atoms with E-state index in [2.05, 4.69) is 125 Å². The van der Waals surface area contributed by atoms with E-state index >= 15 is 0 Å². The van der Waals surface area contributed by atoms with E-state index in [0.717, 1.165) is 0 Å². The van der Waals surface area contributed by atoms with E-state index in [1.165, 1.54) is 50.5 Å². The molecule has 0 aliphatic carbocycles. The second kappa shape index (κ2) is 8.62. The Bertz CT molecular complexity index is 1090. The second-order valence-electron chi connectivity index (χ2n) is 10.0. The minimum Gasteiger partial charge on any atom is -0.208 e. The van der Waals surface area contributed by atoms with Crippen molar-refractivity contribution in [2.24, 2.45) is 11.8 Å². The van der Waals surface area contributed by atoms with Crippen LogP contribution in [0.25, 0.3) is 11.4 Å². The smallest absolute Gasteiger partial charge is 0.208 e. The quantitative estimate of drug-likeness (QED) is 0.371. The fourth-order valence-corrected chi connectivity index (χ4v) is 5.45. The molecule has 1 aliphatic rings. The summed E-state index contributed by atoms with van der Waals surface area (Å²) in [5.74, 6) is 5.91. The molecule has 2 aromatic carbocycles. The molecule has 164 valence electrons. The summed E-state index contributed by atoms with van der Waals surface area (Å²) in [7, 11) is 0. The minimum absolute atomic E-state index is 0.222. The number of rotatable bonds is 4. The summed E-state index contributed by atoms with van der Waals surface area (Å²) >= 11 is 0. The van der Waals surface area contributed by atoms with Gasteiger partial charge in [0.2, 0.25) is 5.72 Å². The normalized spacial score (nSPS) is 14.1. The third kappa shape index (κ3) is 4.01. The standard InChI is InChI=1S/C29H36BN2/c1-19(2)26-9-11-30(12-10-26)29-31(27-22(5)15-20(3)16-23(27)6)13-14-32(29)28-24(7)17-21(4)18-25(28)8/h9-19,26H,1-8H3/q+1. The molecule has 32 heavy (non-hydrogen) atoms. The first-order chi connectivity index (χ1) is 15.2. The van der Waals surface area contributed by atoms with Crippen LogP contribution in [-0.2, 0) is 0 Å². The van der Waals surface area contributed by atoms with Gasteiger partial charge in [0.1, 0.15) is 23.8 Å². The minimum atomic E-state index is 0.222. The van der Waals surface area contributed by atoms with Gasteiger partial charge in [-0.25, -0.2) is 9.13 Å². The van der Waals surface area contributed by atoms with Crippen LogP contribution in [-0.4, -0.2) is 11.3 Å². The summed E-state index contributed by atoms with van der Waals surface area (Å²) in [6.45, 7) is 18.1. The highest BCUT2D eigenvalue weighted by atomic mass is 15.2. The molecule has 3 aromatic rings. The first-order valence-corrected chi connectivity index (χ1v) is 11.8. The third-order valence-corrected chi connectivity index (χ3v) is 6.76. The van der Waals surface area contributed by atoms with Gasteiger partial charge in [-0.15, -0.1) is 12.0 Å². The van der Waals surface area contributed by atoms with Crippen molar-refractivity contribution in [3.63, 3.8) is 0 Å². The number of imidazole rings is 1. The molecule has 0 bridgehead atoms. The van der Waals surface area contributed by atoms with Crippen molar-refractivity contribution in [1.29, 1.82) is 0 Å². The topological polar surface area (TPSA) is 8.81 Å². The lowest BCUT2D eigenvalue weighted by atomic mass is 9.46. The van der Waals surface area contributed by atoms with Gasteiger partial charge in [0.15, 0.2) is 0 Å². The number of allylic oxidation sites excluding steroid dienone is 2. The molecule has 0 atom stereocenters. The van der Waals surface area contributed by atoms with Crippen molar-refractivity contribution in [3.05, 3.63) is 94.1 Å². The molecule has 0 fully saturated rings. The van der Waals surface area contributed by atoms with Crippen LogP contribution in [0.2, 0.25) is 0 Å². The van der Waals surface area contributed by atoms with Crippen molar-refractivity contribution >= 4 is 12.4 Å². The Balaban J connectivity index is 1.97. The Labute approximate surface area is 194 Å². The number of aryl methyl sites for hydroxylation is 6. The summed E-state index contributed by atoms with van der Waals surface area (Å²) in [6, 6.07) is 9.17. The molecular formula is C29H36BN2+. The third-order valence-electron chi connectivity index (χ3n) is 6.76. The molecule has 0 saturated carbocycles. The van der Waals surface area contributed by atoms with Crippen molar-refractivity contribution < 1.29 is 4.57 Å². The lowest BCUT2D eigenvalue weighted by molar-refractivity contribution is -0.576. The van der Waals surface area contributed by atoms with Crippen LogP contribution in [0.4, 0.5) is 0 Å². The summed E-state index contributed by atoms with van der Waals surface area (Å²) in [4.78, 5) is 0. The maximum absolute atomic E-state index is 2.41. The van der Waals surface area contributed by atoms with Crippen molar-refractivity contribution in [2.45, 2.75) is 55.4 Å². The van der Waals surface area contributed by atoms with Gasteiger partial charge in [-0.05, 0) is 75.6 Å². The molecule has 0 saturated heterocycles. The molecule has 0 N–H and O–H groups in total. The van der Waals surface area contributed by atoms with E-state index in [-0.39, 0.29) is 6.71 Å².